The lowest BCUT2D eigenvalue weighted by Crippen LogP contribution is -2.20. The molecule has 4 heteroatoms. The maximum Gasteiger partial charge on any atom is 0.246 e. The van der Waals surface area contributed by atoms with Gasteiger partial charge in [-0.05, 0) is 25.0 Å². The van der Waals surface area contributed by atoms with Crippen LogP contribution in [0.5, 0.6) is 0 Å². The van der Waals surface area contributed by atoms with E-state index in [1.54, 1.807) is 13.8 Å². The summed E-state index contributed by atoms with van der Waals surface area (Å²) in [6.07, 6.45) is 0. The number of ketones is 2. The van der Waals surface area contributed by atoms with Gasteiger partial charge in [0.25, 0.3) is 0 Å². The first kappa shape index (κ1) is 9.49. The zero-order chi connectivity index (χ0) is 9.46. The Labute approximate surface area is 79.8 Å². The minimum absolute atomic E-state index is 0.0260. The fourth-order valence-electron chi connectivity index (χ4n) is 0.869. The molecular weight excluding hydrogens is 199 g/mol. The molecular formula is C8H6Cl2O2. The first-order valence-corrected chi connectivity index (χ1v) is 4.04. The molecule has 0 atom stereocenters. The third-order valence-electron chi connectivity index (χ3n) is 1.83. The van der Waals surface area contributed by atoms with E-state index in [0.717, 1.165) is 0 Å². The molecule has 0 aromatic heterocycles. The van der Waals surface area contributed by atoms with E-state index in [-0.39, 0.29) is 10.1 Å². The zero-order valence-corrected chi connectivity index (χ0v) is 8.08. The van der Waals surface area contributed by atoms with Crippen molar-refractivity contribution < 1.29 is 9.59 Å². The number of halogens is 2. The molecule has 0 unspecified atom stereocenters. The van der Waals surface area contributed by atoms with Crippen molar-refractivity contribution in [2.45, 2.75) is 13.8 Å². The van der Waals surface area contributed by atoms with E-state index < -0.39 is 11.6 Å². The molecule has 1 aliphatic rings. The number of Topliss-reactive ketones (excluding diaryl/α,β-unsaturated/α-hetero) is 2. The Morgan fingerprint density at radius 2 is 1.08 bits per heavy atom. The molecule has 12 heavy (non-hydrogen) atoms. The van der Waals surface area contributed by atoms with Gasteiger partial charge in [0.2, 0.25) is 11.6 Å². The number of carbonyl (C=O) groups excluding carboxylic acids is 2. The van der Waals surface area contributed by atoms with E-state index in [1.165, 1.54) is 0 Å². The molecule has 0 heterocycles. The van der Waals surface area contributed by atoms with Gasteiger partial charge in [0, 0.05) is 0 Å². The van der Waals surface area contributed by atoms with Crippen molar-refractivity contribution in [3.05, 3.63) is 21.2 Å². The van der Waals surface area contributed by atoms with Crippen molar-refractivity contribution >= 4 is 34.8 Å². The second kappa shape index (κ2) is 3.04. The number of rotatable bonds is 0. The fourth-order valence-corrected chi connectivity index (χ4v) is 1.32. The molecule has 2 nitrogen and oxygen atoms in total. The summed E-state index contributed by atoms with van der Waals surface area (Å²) in [5.41, 5.74) is 1.15. The maximum absolute atomic E-state index is 11.0. The van der Waals surface area contributed by atoms with Crippen LogP contribution >= 0.6 is 23.2 Å². The van der Waals surface area contributed by atoms with Gasteiger partial charge >= 0.3 is 0 Å². The average molecular weight is 205 g/mol. The Morgan fingerprint density at radius 1 is 0.833 bits per heavy atom. The Hall–Kier alpha value is -0.600. The summed E-state index contributed by atoms with van der Waals surface area (Å²) < 4.78 is 0. The number of hydrogen-bond donors (Lipinski definition) is 0. The molecule has 0 radical (unpaired) electrons. The molecule has 0 aromatic carbocycles. The van der Waals surface area contributed by atoms with Gasteiger partial charge in [0.1, 0.15) is 0 Å². The molecule has 1 aliphatic carbocycles. The number of allylic oxidation sites excluding steroid dienone is 4. The summed E-state index contributed by atoms with van der Waals surface area (Å²) in [7, 11) is 0. The lowest BCUT2D eigenvalue weighted by molar-refractivity contribution is -0.131. The van der Waals surface area contributed by atoms with Crippen molar-refractivity contribution in [3.8, 4) is 0 Å². The van der Waals surface area contributed by atoms with E-state index in [4.69, 9.17) is 23.2 Å². The van der Waals surface area contributed by atoms with Gasteiger partial charge in [-0.3, -0.25) is 9.59 Å². The standard InChI is InChI=1S/C8H6Cl2O2/c1-3-4(2)6(10)8(12)7(11)5(3)9/h1-2H3. The second-order valence-electron chi connectivity index (χ2n) is 2.54. The summed E-state index contributed by atoms with van der Waals surface area (Å²) in [5, 5.41) is -0.0520. The Bertz CT molecular complexity index is 288. The minimum Gasteiger partial charge on any atom is -0.284 e. The largest absolute Gasteiger partial charge is 0.284 e. The van der Waals surface area contributed by atoms with Gasteiger partial charge in [-0.25, -0.2) is 0 Å². The van der Waals surface area contributed by atoms with Crippen LogP contribution in [0.15, 0.2) is 21.2 Å². The zero-order valence-electron chi connectivity index (χ0n) is 6.57. The predicted octanol–water partition coefficient (Wildman–Crippen LogP) is 2.16. The van der Waals surface area contributed by atoms with Crippen LogP contribution < -0.4 is 0 Å². The molecule has 0 aromatic rings. The van der Waals surface area contributed by atoms with Crippen molar-refractivity contribution in [1.82, 2.24) is 0 Å². The average Bonchev–Trinajstić information content (AvgIpc) is 2.08. The Morgan fingerprint density at radius 3 is 1.33 bits per heavy atom. The molecule has 0 saturated heterocycles. The third kappa shape index (κ3) is 1.21. The summed E-state index contributed by atoms with van der Waals surface area (Å²) in [5.74, 6) is -1.44. The monoisotopic (exact) mass is 204 g/mol. The van der Waals surface area contributed by atoms with E-state index in [0.29, 0.717) is 11.1 Å². The second-order valence-corrected chi connectivity index (χ2v) is 3.29. The summed E-state index contributed by atoms with van der Waals surface area (Å²) in [6, 6.07) is 0. The highest BCUT2D eigenvalue weighted by molar-refractivity contribution is 6.68. The molecule has 0 saturated carbocycles. The van der Waals surface area contributed by atoms with Crippen LogP contribution in [-0.4, -0.2) is 11.6 Å². The predicted molar refractivity (Wildman–Crippen MR) is 47.1 cm³/mol. The lowest BCUT2D eigenvalue weighted by Gasteiger charge is -2.12. The Balaban J connectivity index is 3.37. The fraction of sp³-hybridized carbons (Fsp3) is 0.250. The maximum atomic E-state index is 11.0. The van der Waals surface area contributed by atoms with Gasteiger partial charge in [-0.1, -0.05) is 23.2 Å². The molecule has 0 spiro atoms. The highest BCUT2D eigenvalue weighted by Gasteiger charge is 2.29. The van der Waals surface area contributed by atoms with Gasteiger partial charge in [-0.2, -0.15) is 0 Å². The van der Waals surface area contributed by atoms with Crippen molar-refractivity contribution in [2.75, 3.05) is 0 Å². The van der Waals surface area contributed by atoms with Crippen LogP contribution in [0.3, 0.4) is 0 Å². The van der Waals surface area contributed by atoms with Crippen molar-refractivity contribution in [2.24, 2.45) is 0 Å². The molecule has 1 rings (SSSR count). The topological polar surface area (TPSA) is 34.1 Å². The van der Waals surface area contributed by atoms with Crippen LogP contribution in [0.4, 0.5) is 0 Å². The molecule has 0 amide bonds. The number of hydrogen-bond acceptors (Lipinski definition) is 2. The van der Waals surface area contributed by atoms with E-state index >= 15 is 0 Å². The minimum atomic E-state index is -0.718. The number of carbonyl (C=O) groups is 2. The third-order valence-corrected chi connectivity index (χ3v) is 2.74. The van der Waals surface area contributed by atoms with Gasteiger partial charge in [-0.15, -0.1) is 0 Å². The van der Waals surface area contributed by atoms with Crippen LogP contribution in [0.25, 0.3) is 0 Å². The molecule has 0 fully saturated rings. The SMILES string of the molecule is CC1=C(Cl)C(=O)C(=O)C(Cl)=C1C. The highest BCUT2D eigenvalue weighted by atomic mass is 35.5. The van der Waals surface area contributed by atoms with Crippen molar-refractivity contribution in [1.29, 1.82) is 0 Å². The summed E-state index contributed by atoms with van der Waals surface area (Å²) >= 11 is 11.2. The van der Waals surface area contributed by atoms with Gasteiger partial charge in [0.15, 0.2) is 0 Å². The van der Waals surface area contributed by atoms with Crippen LogP contribution in [0.2, 0.25) is 0 Å². The van der Waals surface area contributed by atoms with Crippen LogP contribution in [0, 0.1) is 0 Å². The molecule has 0 bridgehead atoms. The molecule has 0 N–H and O–H groups in total. The van der Waals surface area contributed by atoms with Crippen LogP contribution in [0.1, 0.15) is 13.8 Å². The van der Waals surface area contributed by atoms with Gasteiger partial charge in [0.05, 0.1) is 10.1 Å². The van der Waals surface area contributed by atoms with E-state index in [2.05, 4.69) is 0 Å². The van der Waals surface area contributed by atoms with Crippen molar-refractivity contribution in [3.63, 3.8) is 0 Å². The first-order chi connectivity index (χ1) is 5.46. The van der Waals surface area contributed by atoms with Gasteiger partial charge < -0.3 is 0 Å². The molecule has 64 valence electrons. The summed E-state index contributed by atoms with van der Waals surface area (Å²) in [4.78, 5) is 22.1. The normalized spacial score (nSPS) is 19.3. The molecule has 0 aliphatic heterocycles. The summed E-state index contributed by atoms with van der Waals surface area (Å²) in [6.45, 7) is 3.31. The first-order valence-electron chi connectivity index (χ1n) is 3.29. The van der Waals surface area contributed by atoms with E-state index in [9.17, 15) is 9.59 Å². The van der Waals surface area contributed by atoms with E-state index in [1.807, 2.05) is 0 Å². The highest BCUT2D eigenvalue weighted by Crippen LogP contribution is 2.29. The van der Waals surface area contributed by atoms with Crippen LogP contribution in [-0.2, 0) is 9.59 Å². The Kier molecular flexibility index (Phi) is 2.40. The quantitative estimate of drug-likeness (QED) is 0.448. The lowest BCUT2D eigenvalue weighted by atomic mass is 9.98. The smallest absolute Gasteiger partial charge is 0.246 e.